The van der Waals surface area contributed by atoms with E-state index in [-0.39, 0.29) is 30.6 Å². The second-order valence-corrected chi connectivity index (χ2v) is 7.48. The van der Waals surface area contributed by atoms with Gasteiger partial charge >= 0.3 is 0 Å². The van der Waals surface area contributed by atoms with Crippen LogP contribution in [0.15, 0.2) is 0 Å². The van der Waals surface area contributed by atoms with Crippen LogP contribution in [0, 0.1) is 11.8 Å². The van der Waals surface area contributed by atoms with E-state index in [0.717, 1.165) is 17.9 Å². The van der Waals surface area contributed by atoms with Gasteiger partial charge in [0, 0.05) is 6.42 Å². The van der Waals surface area contributed by atoms with Gasteiger partial charge in [0.25, 0.3) is 0 Å². The van der Waals surface area contributed by atoms with Crippen LogP contribution in [0.3, 0.4) is 0 Å². The van der Waals surface area contributed by atoms with Crippen molar-refractivity contribution in [3.05, 3.63) is 0 Å². The van der Waals surface area contributed by atoms with Crippen LogP contribution in [0.4, 0.5) is 0 Å². The Kier molecular flexibility index (Phi) is 7.95. The van der Waals surface area contributed by atoms with E-state index in [4.69, 9.17) is 29.6 Å². The summed E-state index contributed by atoms with van der Waals surface area (Å²) < 4.78 is 0. The zero-order chi connectivity index (χ0) is 20.1. The highest BCUT2D eigenvalue weighted by Gasteiger charge is 2.67. The van der Waals surface area contributed by atoms with Crippen LogP contribution in [0.1, 0.15) is 60.3 Å². The van der Waals surface area contributed by atoms with E-state index < -0.39 is 17.2 Å². The number of carbonyl (C=O) groups excluding carboxylic acids is 1. The van der Waals surface area contributed by atoms with Crippen molar-refractivity contribution in [1.29, 1.82) is 0 Å². The van der Waals surface area contributed by atoms with Crippen LogP contribution in [0.25, 0.3) is 0 Å². The molecule has 1 amide bonds. The van der Waals surface area contributed by atoms with E-state index in [1.54, 1.807) is 0 Å². The van der Waals surface area contributed by atoms with E-state index in [9.17, 15) is 10.0 Å². The maximum atomic E-state index is 11.8. The molecule has 0 aromatic carbocycles. The Balaban J connectivity index is 2.08. The predicted molar refractivity (Wildman–Crippen MR) is 89.0 cm³/mol. The Bertz CT molecular complexity index is 493. The molecule has 2 aliphatic rings. The Labute approximate surface area is 159 Å². The third-order valence-corrected chi connectivity index (χ3v) is 5.79. The lowest BCUT2D eigenvalue weighted by atomic mass is 9.57. The number of nitrogens with zero attached hydrogens (tertiary/aromatic N) is 1. The summed E-state index contributed by atoms with van der Waals surface area (Å²) >= 11 is 0. The Morgan fingerprint density at radius 1 is 1.07 bits per heavy atom. The van der Waals surface area contributed by atoms with Crippen molar-refractivity contribution in [3.63, 3.8) is 0 Å². The maximum Gasteiger partial charge on any atom is 0.249 e. The van der Waals surface area contributed by atoms with Gasteiger partial charge in [0.05, 0.1) is 19.6 Å². The van der Waals surface area contributed by atoms with Crippen LogP contribution < -0.4 is 0 Å². The van der Waals surface area contributed by atoms with E-state index >= 15 is 0 Å². The Hall–Kier alpha value is -0.850. The fraction of sp³-hybridized carbons (Fsp3) is 0.941. The molecule has 2 fully saturated rings. The molecule has 5 atom stereocenters. The minimum Gasteiger partial charge on any atom is -0.285 e. The summed E-state index contributed by atoms with van der Waals surface area (Å²) in [5.74, 6) is -0.667. The normalized spacial score (nSPS) is 36.3. The van der Waals surface area contributed by atoms with Crippen molar-refractivity contribution in [2.45, 2.75) is 77.5 Å². The quantitative estimate of drug-likeness (QED) is 0.186. The number of carbonyl (C=O) groups is 1. The zero-order valence-electron chi connectivity index (χ0n) is 16.6. The average Bonchev–Trinajstić information content (AvgIpc) is 2.66. The van der Waals surface area contributed by atoms with Crippen molar-refractivity contribution in [2.75, 3.05) is 13.2 Å². The van der Waals surface area contributed by atoms with E-state index in [2.05, 4.69) is 5.04 Å². The molecule has 1 aliphatic heterocycles. The molecule has 0 bridgehead atoms. The SMILES string of the molecule is CCCOOOO[C@@H]1C[C@@](C)(OOOCCC)[C@@H](C)[C@@H](C)C12CC(=O)N2O. The first-order chi connectivity index (χ1) is 12.8. The summed E-state index contributed by atoms with van der Waals surface area (Å²) in [5, 5.41) is 25.2. The van der Waals surface area contributed by atoms with Crippen LogP contribution in [-0.4, -0.2) is 46.6 Å². The van der Waals surface area contributed by atoms with Crippen LogP contribution in [0.2, 0.25) is 0 Å². The number of hydroxylamine groups is 2. The van der Waals surface area contributed by atoms with Gasteiger partial charge in [-0.05, 0) is 41.7 Å². The number of rotatable bonds is 11. The molecule has 1 N–H and O–H groups in total. The fourth-order valence-electron chi connectivity index (χ4n) is 3.77. The lowest BCUT2D eigenvalue weighted by Gasteiger charge is -2.61. The summed E-state index contributed by atoms with van der Waals surface area (Å²) in [4.78, 5) is 32.4. The lowest BCUT2D eigenvalue weighted by molar-refractivity contribution is -0.650. The predicted octanol–water partition coefficient (Wildman–Crippen LogP) is 2.66. The van der Waals surface area contributed by atoms with Crippen LogP contribution >= 0.6 is 0 Å². The fourth-order valence-corrected chi connectivity index (χ4v) is 3.77. The topological polar surface area (TPSA) is 105 Å². The highest BCUT2D eigenvalue weighted by atomic mass is 17.7. The first-order valence-electron chi connectivity index (χ1n) is 9.44. The summed E-state index contributed by atoms with van der Waals surface area (Å²) in [6.07, 6.45) is 1.17. The summed E-state index contributed by atoms with van der Waals surface area (Å²) in [6.45, 7) is 10.3. The zero-order valence-corrected chi connectivity index (χ0v) is 16.6. The molecule has 1 saturated carbocycles. The third kappa shape index (κ3) is 4.43. The second kappa shape index (κ2) is 9.57. The standard InChI is InChI=1S/C17H31NO9/c1-6-8-21-25-24-16(5)10-14(23-27-26-22-9-7-2)17(13(4)12(16)3)11-15(19)18(17)20/h12-14,20H,6-11H2,1-5H3/t12-,13+,14+,16+,17?/m0/s1. The highest BCUT2D eigenvalue weighted by molar-refractivity contribution is 5.84. The van der Waals surface area contributed by atoms with Crippen LogP contribution in [0.5, 0.6) is 0 Å². The van der Waals surface area contributed by atoms with Gasteiger partial charge in [-0.1, -0.05) is 32.7 Å². The van der Waals surface area contributed by atoms with Crippen molar-refractivity contribution < 1.29 is 44.7 Å². The minimum absolute atomic E-state index is 0.0948. The molecule has 1 saturated heterocycles. The summed E-state index contributed by atoms with van der Waals surface area (Å²) in [7, 11) is 0. The molecule has 0 aromatic heterocycles. The molecule has 10 nitrogen and oxygen atoms in total. The summed E-state index contributed by atoms with van der Waals surface area (Å²) in [5.41, 5.74) is -1.76. The molecule has 1 aliphatic carbocycles. The van der Waals surface area contributed by atoms with Gasteiger partial charge in [-0.15, -0.1) is 0 Å². The van der Waals surface area contributed by atoms with E-state index in [0.29, 0.717) is 13.2 Å². The molecule has 0 radical (unpaired) electrons. The molecular formula is C17H31NO9. The molecule has 27 heavy (non-hydrogen) atoms. The maximum absolute atomic E-state index is 11.8. The number of β-lactam (4-membered cyclic amide) rings is 1. The van der Waals surface area contributed by atoms with Gasteiger partial charge in [-0.25, -0.2) is 14.8 Å². The first-order valence-corrected chi connectivity index (χ1v) is 9.44. The lowest BCUT2D eigenvalue weighted by Crippen LogP contribution is -2.76. The van der Waals surface area contributed by atoms with Crippen molar-refractivity contribution in [2.24, 2.45) is 11.8 Å². The van der Waals surface area contributed by atoms with Gasteiger partial charge < -0.3 is 0 Å². The monoisotopic (exact) mass is 393 g/mol. The molecule has 10 heteroatoms. The number of amides is 1. The molecule has 158 valence electrons. The van der Waals surface area contributed by atoms with Gasteiger partial charge in [-0.3, -0.25) is 10.0 Å². The summed E-state index contributed by atoms with van der Waals surface area (Å²) in [6, 6.07) is 0. The van der Waals surface area contributed by atoms with Gasteiger partial charge in [0.1, 0.15) is 17.2 Å². The van der Waals surface area contributed by atoms with Gasteiger partial charge in [0.15, 0.2) is 0 Å². The third-order valence-electron chi connectivity index (χ3n) is 5.79. The van der Waals surface area contributed by atoms with Crippen molar-refractivity contribution in [3.8, 4) is 0 Å². The van der Waals surface area contributed by atoms with Crippen molar-refractivity contribution in [1.82, 2.24) is 5.06 Å². The highest BCUT2D eigenvalue weighted by Crippen LogP contribution is 2.54. The minimum atomic E-state index is -0.947. The Morgan fingerprint density at radius 3 is 2.26 bits per heavy atom. The largest absolute Gasteiger partial charge is 0.285 e. The molecule has 2 rings (SSSR count). The van der Waals surface area contributed by atoms with Gasteiger partial charge in [-0.2, -0.15) is 9.78 Å². The number of hydrogen-bond acceptors (Lipinski definition) is 9. The molecular weight excluding hydrogens is 362 g/mol. The first kappa shape index (κ1) is 22.4. The van der Waals surface area contributed by atoms with Crippen molar-refractivity contribution >= 4 is 5.91 Å². The van der Waals surface area contributed by atoms with Gasteiger partial charge in [0.2, 0.25) is 5.91 Å². The molecule has 0 aromatic rings. The van der Waals surface area contributed by atoms with E-state index in [1.165, 1.54) is 0 Å². The smallest absolute Gasteiger partial charge is 0.249 e. The molecule has 1 unspecified atom stereocenters. The van der Waals surface area contributed by atoms with E-state index in [1.807, 2.05) is 34.6 Å². The number of hydrogen-bond donors (Lipinski definition) is 1. The molecule has 1 heterocycles. The van der Waals surface area contributed by atoms with Crippen LogP contribution in [-0.2, 0) is 39.5 Å². The second-order valence-electron chi connectivity index (χ2n) is 7.48. The Morgan fingerprint density at radius 2 is 1.70 bits per heavy atom. The average molecular weight is 393 g/mol. The molecule has 1 spiro atoms.